The molecule has 0 spiro atoms. The largest absolute Gasteiger partial charge is 0.466 e. The Morgan fingerprint density at radius 1 is 0.406 bits per heavy atom. The molecule has 0 unspecified atom stereocenters. The van der Waals surface area contributed by atoms with Crippen molar-refractivity contribution in [3.05, 3.63) is 118 Å². The second kappa shape index (κ2) is 25.1. The first kappa shape index (κ1) is 64.0. The summed E-state index contributed by atoms with van der Waals surface area (Å²) in [4.78, 5) is 2.61. The number of hydrogen-bond donors (Lipinski definition) is 0. The average Bonchev–Trinajstić information content (AvgIpc) is 3.87. The Bertz CT molecular complexity index is 1910. The molecule has 0 aliphatic carbocycles. The number of rotatable bonds is 5. The Balaban J connectivity index is 0.000000433. The molecule has 0 saturated carbocycles. The molecule has 394 valence electrons. The smallest absolute Gasteiger partial charge is 0.109 e. The fraction of sp³-hybridized carbons (Fsp3) is 0.697. The van der Waals surface area contributed by atoms with Crippen LogP contribution < -0.4 is 0 Å². The van der Waals surface area contributed by atoms with E-state index in [1.807, 2.05) is 0 Å². The molecule has 1 aliphatic heterocycles. The summed E-state index contributed by atoms with van der Waals surface area (Å²) in [6.07, 6.45) is 7.10. The molecule has 69 heavy (non-hydrogen) atoms. The molecule has 3 heterocycles. The molecule has 0 N–H and O–H groups in total. The lowest BCUT2D eigenvalue weighted by atomic mass is 9.83. The van der Waals surface area contributed by atoms with Gasteiger partial charge in [0, 0.05) is 36.3 Å². The molecule has 1 aliphatic rings. The second-order valence-electron chi connectivity index (χ2n) is 30.9. The van der Waals surface area contributed by atoms with Crippen LogP contribution in [-0.2, 0) is 47.3 Å². The third-order valence-corrected chi connectivity index (χ3v) is 11.6. The zero-order valence-corrected chi connectivity index (χ0v) is 50.9. The Kier molecular flexibility index (Phi) is 23.2. The van der Waals surface area contributed by atoms with Gasteiger partial charge in [0.05, 0.1) is 0 Å². The molecular formula is C66H113NO2. The number of benzene rings is 2. The number of furan rings is 2. The van der Waals surface area contributed by atoms with Gasteiger partial charge in [0.2, 0.25) is 0 Å². The van der Waals surface area contributed by atoms with Gasteiger partial charge in [-0.25, -0.2) is 0 Å². The van der Waals surface area contributed by atoms with E-state index in [0.29, 0.717) is 27.1 Å². The third-order valence-electron chi connectivity index (χ3n) is 11.6. The van der Waals surface area contributed by atoms with Crippen LogP contribution in [0.25, 0.3) is 0 Å². The highest BCUT2D eigenvalue weighted by Gasteiger charge is 2.25. The summed E-state index contributed by atoms with van der Waals surface area (Å²) in [5.41, 5.74) is 8.35. The van der Waals surface area contributed by atoms with Crippen molar-refractivity contribution in [3.63, 3.8) is 0 Å². The normalized spacial score (nSPS) is 15.4. The van der Waals surface area contributed by atoms with Gasteiger partial charge < -0.3 is 13.7 Å². The quantitative estimate of drug-likeness (QED) is 0.200. The van der Waals surface area contributed by atoms with E-state index in [2.05, 4.69) is 272 Å². The van der Waals surface area contributed by atoms with E-state index in [-0.39, 0.29) is 21.7 Å². The summed E-state index contributed by atoms with van der Waals surface area (Å²) in [5, 5.41) is 0. The van der Waals surface area contributed by atoms with Crippen LogP contribution in [0.4, 0.5) is 0 Å². The number of hydrogen-bond acceptors (Lipinski definition) is 3. The molecule has 1 atom stereocenters. The van der Waals surface area contributed by atoms with E-state index in [4.69, 9.17) is 8.83 Å². The van der Waals surface area contributed by atoms with Crippen LogP contribution in [0.1, 0.15) is 252 Å². The van der Waals surface area contributed by atoms with E-state index in [1.54, 1.807) is 0 Å². The Hall–Kier alpha value is -3.04. The van der Waals surface area contributed by atoms with E-state index in [9.17, 15) is 0 Å². The van der Waals surface area contributed by atoms with Crippen LogP contribution in [0.15, 0.2) is 81.6 Å². The van der Waals surface area contributed by atoms with Gasteiger partial charge in [-0.2, -0.15) is 0 Å². The highest BCUT2D eigenvalue weighted by atomic mass is 16.3. The van der Waals surface area contributed by atoms with Crippen molar-refractivity contribution < 1.29 is 8.83 Å². The predicted molar refractivity (Wildman–Crippen MR) is 307 cm³/mol. The molecule has 0 bridgehead atoms. The first-order valence-corrected chi connectivity index (χ1v) is 26.8. The van der Waals surface area contributed by atoms with Gasteiger partial charge in [0.1, 0.15) is 23.0 Å². The highest BCUT2D eigenvalue weighted by molar-refractivity contribution is 5.30. The van der Waals surface area contributed by atoms with Crippen molar-refractivity contribution in [2.75, 3.05) is 13.1 Å². The summed E-state index contributed by atoms with van der Waals surface area (Å²) in [7, 11) is 0. The lowest BCUT2D eigenvalue weighted by Crippen LogP contribution is -2.34. The van der Waals surface area contributed by atoms with Crippen LogP contribution in [-0.4, -0.2) is 24.0 Å². The SMILES string of the molecule is CC(C)(C)Cc1ccc(C(C)(C)C)o1.CC(C)(C)Cc1ccc(C(C)(C)C)o1.CC(C)(C)Cc1cccc(C(C)(C)C)c1.CC(C)(C)Cc1cccc(C(C)(C)C)c1.C[C@@H]1CCCN1CC(C)(C)C. The van der Waals surface area contributed by atoms with Crippen LogP contribution in [0.3, 0.4) is 0 Å². The van der Waals surface area contributed by atoms with Crippen LogP contribution >= 0.6 is 0 Å². The molecule has 1 fully saturated rings. The molecular weight excluding hydrogens is 839 g/mol. The van der Waals surface area contributed by atoms with Crippen molar-refractivity contribution >= 4 is 0 Å². The predicted octanol–water partition coefficient (Wildman–Crippen LogP) is 20.0. The van der Waals surface area contributed by atoms with E-state index >= 15 is 0 Å². The van der Waals surface area contributed by atoms with Crippen LogP contribution in [0.2, 0.25) is 0 Å². The zero-order valence-electron chi connectivity index (χ0n) is 50.9. The highest BCUT2D eigenvalue weighted by Crippen LogP contribution is 2.31. The van der Waals surface area contributed by atoms with Crippen molar-refractivity contribution in [2.45, 2.75) is 260 Å². The van der Waals surface area contributed by atoms with Gasteiger partial charge >= 0.3 is 0 Å². The Morgan fingerprint density at radius 2 is 0.739 bits per heavy atom. The first-order valence-electron chi connectivity index (χ1n) is 26.8. The minimum absolute atomic E-state index is 0.121. The molecule has 4 aromatic rings. The van der Waals surface area contributed by atoms with Crippen molar-refractivity contribution in [2.24, 2.45) is 27.1 Å². The van der Waals surface area contributed by atoms with Crippen molar-refractivity contribution in [3.8, 4) is 0 Å². The zero-order chi connectivity index (χ0) is 53.8. The lowest BCUT2D eigenvalue weighted by molar-refractivity contribution is 0.186. The Labute approximate surface area is 430 Å². The average molecular weight is 953 g/mol. The van der Waals surface area contributed by atoms with Crippen molar-refractivity contribution in [1.29, 1.82) is 0 Å². The first-order chi connectivity index (χ1) is 30.7. The summed E-state index contributed by atoms with van der Waals surface area (Å²) in [5.74, 6) is 4.36. The van der Waals surface area contributed by atoms with Crippen LogP contribution in [0.5, 0.6) is 0 Å². The third kappa shape index (κ3) is 29.2. The summed E-state index contributed by atoms with van der Waals surface area (Å²) >= 11 is 0. The monoisotopic (exact) mass is 952 g/mol. The molecule has 2 aromatic heterocycles. The minimum Gasteiger partial charge on any atom is -0.466 e. The summed E-state index contributed by atoms with van der Waals surface area (Å²) in [6, 6.07) is 27.2. The maximum atomic E-state index is 5.82. The molecule has 0 amide bonds. The molecule has 0 radical (unpaired) electrons. The van der Waals surface area contributed by atoms with Gasteiger partial charge in [-0.1, -0.05) is 235 Å². The molecule has 3 nitrogen and oxygen atoms in total. The molecule has 1 saturated heterocycles. The molecule has 3 heteroatoms. The fourth-order valence-electron chi connectivity index (χ4n) is 8.15. The van der Waals surface area contributed by atoms with E-state index in [1.165, 1.54) is 48.2 Å². The number of likely N-dealkylation sites (tertiary alicyclic amines) is 1. The van der Waals surface area contributed by atoms with Gasteiger partial charge in [-0.05, 0) is 124 Å². The van der Waals surface area contributed by atoms with Crippen molar-refractivity contribution in [1.82, 2.24) is 4.90 Å². The molecule has 2 aromatic carbocycles. The standard InChI is InChI=1S/2C15H24.2C13H22O.C10H21N/c2*1-14(2,3)11-12-8-7-9-13(10-12)15(4,5)6;2*1-12(2,3)9-10-7-8-11(14-10)13(4,5)6;1-9-6-5-7-11(9)8-10(2,3)4/h2*7-10H,11H2,1-6H3;2*7-8H,9H2,1-6H3;9H,5-8H2,1-4H3/t;;;;9-/m....1/s1. The van der Waals surface area contributed by atoms with E-state index in [0.717, 1.165) is 54.8 Å². The van der Waals surface area contributed by atoms with Gasteiger partial charge in [-0.15, -0.1) is 0 Å². The lowest BCUT2D eigenvalue weighted by Gasteiger charge is -2.29. The van der Waals surface area contributed by atoms with Gasteiger partial charge in [0.25, 0.3) is 0 Å². The number of nitrogens with zero attached hydrogens (tertiary/aromatic N) is 1. The Morgan fingerprint density at radius 3 is 0.971 bits per heavy atom. The summed E-state index contributed by atoms with van der Waals surface area (Å²) < 4.78 is 11.6. The maximum absolute atomic E-state index is 5.82. The van der Waals surface area contributed by atoms with Gasteiger partial charge in [0.15, 0.2) is 0 Å². The minimum atomic E-state index is 0.121. The maximum Gasteiger partial charge on any atom is 0.109 e. The van der Waals surface area contributed by atoms with Gasteiger partial charge in [-0.3, -0.25) is 0 Å². The van der Waals surface area contributed by atoms with E-state index < -0.39 is 0 Å². The topological polar surface area (TPSA) is 29.5 Å². The second-order valence-corrected chi connectivity index (χ2v) is 30.9. The fourth-order valence-corrected chi connectivity index (χ4v) is 8.15. The van der Waals surface area contributed by atoms with Crippen LogP contribution in [0, 0.1) is 27.1 Å². The molecule has 5 rings (SSSR count). The summed E-state index contributed by atoms with van der Waals surface area (Å²) in [6.45, 7) is 65.6.